The van der Waals surface area contributed by atoms with E-state index in [1.807, 2.05) is 6.92 Å². The van der Waals surface area contributed by atoms with Crippen molar-refractivity contribution in [3.8, 4) is 17.3 Å². The van der Waals surface area contributed by atoms with Crippen LogP contribution in [0.15, 0.2) is 74.5 Å². The van der Waals surface area contributed by atoms with Gasteiger partial charge in [-0.15, -0.1) is 0 Å². The predicted octanol–water partition coefficient (Wildman–Crippen LogP) is 3.95. The van der Waals surface area contributed by atoms with E-state index in [0.717, 1.165) is 10.5 Å². The second-order valence-electron chi connectivity index (χ2n) is 7.69. The number of rotatable bonds is 4. The molecule has 1 aliphatic heterocycles. The van der Waals surface area contributed by atoms with Crippen molar-refractivity contribution in [2.45, 2.75) is 19.9 Å². The number of ether oxygens (including phenoxy) is 1. The Kier molecular flexibility index (Phi) is 4.70. The van der Waals surface area contributed by atoms with Crippen molar-refractivity contribution in [3.05, 3.63) is 87.8 Å². The average molecular weight is 443 g/mol. The smallest absolute Gasteiger partial charge is 0.334 e. The molecule has 0 bridgehead atoms. The van der Waals surface area contributed by atoms with Crippen LogP contribution in [-0.2, 0) is 4.79 Å². The average Bonchev–Trinajstić information content (AvgIpc) is 3.43. The molecule has 33 heavy (non-hydrogen) atoms. The summed E-state index contributed by atoms with van der Waals surface area (Å²) in [5, 5.41) is 0.224. The number of imide groups is 1. The molecular formula is C25H17NO7. The van der Waals surface area contributed by atoms with E-state index in [1.165, 1.54) is 25.3 Å². The molecule has 0 saturated carbocycles. The van der Waals surface area contributed by atoms with E-state index in [1.54, 1.807) is 42.5 Å². The lowest BCUT2D eigenvalue weighted by Gasteiger charge is -2.21. The number of furan rings is 1. The van der Waals surface area contributed by atoms with Crippen LogP contribution >= 0.6 is 0 Å². The second kappa shape index (κ2) is 7.59. The van der Waals surface area contributed by atoms with Crippen molar-refractivity contribution < 1.29 is 28.0 Å². The molecule has 4 aromatic rings. The minimum atomic E-state index is -1.28. The summed E-state index contributed by atoms with van der Waals surface area (Å²) >= 11 is 0. The summed E-state index contributed by atoms with van der Waals surface area (Å²) in [6, 6.07) is 13.2. The Morgan fingerprint density at radius 3 is 2.30 bits per heavy atom. The van der Waals surface area contributed by atoms with Gasteiger partial charge < -0.3 is 13.6 Å². The van der Waals surface area contributed by atoms with Gasteiger partial charge in [0, 0.05) is 0 Å². The summed E-state index contributed by atoms with van der Waals surface area (Å²) in [4.78, 5) is 52.6. The molecule has 3 heterocycles. The third-order valence-corrected chi connectivity index (χ3v) is 5.51. The Hall–Kier alpha value is -4.46. The second-order valence-corrected chi connectivity index (χ2v) is 7.69. The number of hydrogen-bond acceptors (Lipinski definition) is 7. The maximum Gasteiger partial charge on any atom is 0.334 e. The molecule has 0 N–H and O–H groups in total. The first kappa shape index (κ1) is 20.4. The number of carbonyl (C=O) groups excluding carboxylic acids is 3. The normalized spacial score (nSPS) is 13.9. The molecule has 0 saturated heterocycles. The van der Waals surface area contributed by atoms with Crippen molar-refractivity contribution in [1.82, 2.24) is 4.90 Å². The van der Waals surface area contributed by atoms with Gasteiger partial charge in [-0.05, 0) is 50.2 Å². The Bertz CT molecular complexity index is 1460. The monoisotopic (exact) mass is 443 g/mol. The molecule has 1 atom stereocenters. The van der Waals surface area contributed by atoms with Crippen LogP contribution in [-0.4, -0.2) is 28.7 Å². The molecule has 2 amide bonds. The zero-order valence-corrected chi connectivity index (χ0v) is 17.7. The minimum absolute atomic E-state index is 0.0655. The zero-order valence-electron chi connectivity index (χ0n) is 17.7. The van der Waals surface area contributed by atoms with Gasteiger partial charge in [-0.2, -0.15) is 0 Å². The lowest BCUT2D eigenvalue weighted by atomic mass is 10.1. The molecule has 0 fully saturated rings. The number of esters is 1. The van der Waals surface area contributed by atoms with Crippen molar-refractivity contribution in [3.63, 3.8) is 0 Å². The van der Waals surface area contributed by atoms with Crippen LogP contribution in [0, 0.1) is 6.92 Å². The fourth-order valence-corrected chi connectivity index (χ4v) is 3.81. The number of hydrogen-bond donors (Lipinski definition) is 0. The third-order valence-electron chi connectivity index (χ3n) is 5.51. The van der Waals surface area contributed by atoms with Crippen LogP contribution in [0.2, 0.25) is 0 Å². The number of nitrogens with zero attached hydrogens (tertiary/aromatic N) is 1. The van der Waals surface area contributed by atoms with E-state index in [0.29, 0.717) is 5.58 Å². The first-order valence-electron chi connectivity index (χ1n) is 10.2. The van der Waals surface area contributed by atoms with Crippen molar-refractivity contribution in [2.75, 3.05) is 0 Å². The summed E-state index contributed by atoms with van der Waals surface area (Å²) in [5.41, 5.74) is 0.954. The third kappa shape index (κ3) is 3.23. The largest absolute Gasteiger partial charge is 0.461 e. The Morgan fingerprint density at radius 1 is 0.970 bits per heavy atom. The van der Waals surface area contributed by atoms with Crippen LogP contribution in [0.4, 0.5) is 0 Å². The highest BCUT2D eigenvalue weighted by Gasteiger charge is 2.41. The van der Waals surface area contributed by atoms with Gasteiger partial charge in [0.15, 0.2) is 5.76 Å². The lowest BCUT2D eigenvalue weighted by molar-refractivity contribution is -0.138. The van der Waals surface area contributed by atoms with Gasteiger partial charge in [0.1, 0.15) is 11.6 Å². The van der Waals surface area contributed by atoms with Gasteiger partial charge >= 0.3 is 5.97 Å². The summed E-state index contributed by atoms with van der Waals surface area (Å²) in [6.45, 7) is 3.18. The maximum absolute atomic E-state index is 13.3. The molecule has 0 radical (unpaired) electrons. The quantitative estimate of drug-likeness (QED) is 0.347. The molecule has 5 rings (SSSR count). The van der Waals surface area contributed by atoms with Crippen LogP contribution < -0.4 is 10.2 Å². The van der Waals surface area contributed by atoms with E-state index in [4.69, 9.17) is 13.6 Å². The van der Waals surface area contributed by atoms with E-state index in [9.17, 15) is 19.2 Å². The molecule has 164 valence electrons. The standard InChI is InChI=1S/C25H17NO7/c1-13-9-10-18-17(12-13)20(27)22(21(32-18)19-8-5-11-31-19)33-25(30)14(2)26-23(28)15-6-3-4-7-16(15)24(26)29/h3-12,14H,1-2H3/t14-/m1/s1. The first-order valence-corrected chi connectivity index (χ1v) is 10.2. The summed E-state index contributed by atoms with van der Waals surface area (Å²) in [6.07, 6.45) is 1.39. The minimum Gasteiger partial charge on any atom is -0.461 e. The van der Waals surface area contributed by atoms with Crippen LogP contribution in [0.3, 0.4) is 0 Å². The molecule has 0 spiro atoms. The van der Waals surface area contributed by atoms with E-state index >= 15 is 0 Å². The number of carbonyl (C=O) groups is 3. The van der Waals surface area contributed by atoms with Crippen molar-refractivity contribution in [1.29, 1.82) is 0 Å². The molecular weight excluding hydrogens is 426 g/mol. The number of fused-ring (bicyclic) bond motifs is 2. The number of amides is 2. The van der Waals surface area contributed by atoms with E-state index in [2.05, 4.69) is 0 Å². The molecule has 0 aliphatic carbocycles. The van der Waals surface area contributed by atoms with Crippen LogP contribution in [0.25, 0.3) is 22.5 Å². The Morgan fingerprint density at radius 2 is 1.67 bits per heavy atom. The van der Waals surface area contributed by atoms with Crippen LogP contribution in [0.1, 0.15) is 33.2 Å². The van der Waals surface area contributed by atoms with Gasteiger partial charge in [-0.25, -0.2) is 4.79 Å². The molecule has 8 nitrogen and oxygen atoms in total. The predicted molar refractivity (Wildman–Crippen MR) is 117 cm³/mol. The van der Waals surface area contributed by atoms with Crippen molar-refractivity contribution >= 4 is 28.8 Å². The van der Waals surface area contributed by atoms with Gasteiger partial charge in [0.2, 0.25) is 16.9 Å². The molecule has 8 heteroatoms. The summed E-state index contributed by atoms with van der Waals surface area (Å²) in [7, 11) is 0. The van der Waals surface area contributed by atoms with E-state index < -0.39 is 29.3 Å². The van der Waals surface area contributed by atoms with Crippen molar-refractivity contribution in [2.24, 2.45) is 0 Å². The Balaban J connectivity index is 1.55. The lowest BCUT2D eigenvalue weighted by Crippen LogP contribution is -2.45. The zero-order chi connectivity index (χ0) is 23.3. The highest BCUT2D eigenvalue weighted by Crippen LogP contribution is 2.32. The number of aryl methyl sites for hydroxylation is 1. The van der Waals surface area contributed by atoms with Gasteiger partial charge in [0.25, 0.3) is 11.8 Å². The Labute approximate surface area is 187 Å². The highest BCUT2D eigenvalue weighted by atomic mass is 16.5. The summed E-state index contributed by atoms with van der Waals surface area (Å²) in [5.74, 6) is -2.43. The molecule has 0 unspecified atom stereocenters. The van der Waals surface area contributed by atoms with Gasteiger partial charge in [-0.3, -0.25) is 19.3 Å². The number of benzene rings is 2. The fourth-order valence-electron chi connectivity index (χ4n) is 3.81. The van der Waals surface area contributed by atoms with Gasteiger partial charge in [0.05, 0.1) is 22.8 Å². The fraction of sp³-hybridized carbons (Fsp3) is 0.120. The summed E-state index contributed by atoms with van der Waals surface area (Å²) < 4.78 is 16.7. The molecule has 1 aliphatic rings. The topological polar surface area (TPSA) is 107 Å². The van der Waals surface area contributed by atoms with Gasteiger partial charge in [-0.1, -0.05) is 23.8 Å². The molecule has 2 aromatic carbocycles. The maximum atomic E-state index is 13.3. The van der Waals surface area contributed by atoms with Crippen LogP contribution in [0.5, 0.6) is 5.75 Å². The molecule has 2 aromatic heterocycles. The first-order chi connectivity index (χ1) is 15.9. The van der Waals surface area contributed by atoms with E-state index in [-0.39, 0.29) is 33.8 Å². The highest BCUT2D eigenvalue weighted by molar-refractivity contribution is 6.22. The SMILES string of the molecule is Cc1ccc2oc(-c3ccco3)c(OC(=O)[C@@H](C)N3C(=O)c4ccccc4C3=O)c(=O)c2c1.